The van der Waals surface area contributed by atoms with Gasteiger partial charge in [0.25, 0.3) is 0 Å². The molecule has 2 unspecified atom stereocenters. The van der Waals surface area contributed by atoms with Gasteiger partial charge >= 0.3 is 23.5 Å². The van der Waals surface area contributed by atoms with Gasteiger partial charge in [0.05, 0.1) is 165 Å². The topological polar surface area (TPSA) is 277 Å². The zero-order valence-electron chi connectivity index (χ0n) is 49.6. The van der Waals surface area contributed by atoms with Crippen molar-refractivity contribution in [1.82, 2.24) is 0 Å². The summed E-state index contributed by atoms with van der Waals surface area (Å²) in [5.41, 5.74) is 9.32. The number of phosphoric acid groups is 3. The molecule has 0 spiro atoms. The summed E-state index contributed by atoms with van der Waals surface area (Å²) in [6.07, 6.45) is 2.89. The molecule has 84 heavy (non-hydrogen) atoms. The summed E-state index contributed by atoms with van der Waals surface area (Å²) in [6, 6.07) is 18.5. The van der Waals surface area contributed by atoms with Gasteiger partial charge in [0.15, 0.2) is 0 Å². The first kappa shape index (κ1) is 74.6. The lowest BCUT2D eigenvalue weighted by atomic mass is 9.90. The maximum absolute atomic E-state index is 12.5. The minimum absolute atomic E-state index is 0.0370. The number of anilines is 2. The van der Waals surface area contributed by atoms with Gasteiger partial charge in [0, 0.05) is 61.8 Å². The van der Waals surface area contributed by atoms with Crippen molar-refractivity contribution in [3.8, 4) is 23.7 Å². The van der Waals surface area contributed by atoms with Crippen molar-refractivity contribution in [3.05, 3.63) is 93.5 Å². The van der Waals surface area contributed by atoms with Crippen LogP contribution in [0.25, 0.3) is 0 Å². The molecule has 0 heterocycles. The molecule has 0 aliphatic rings. The zero-order valence-corrected chi connectivity index (χ0v) is 52.3. The van der Waals surface area contributed by atoms with E-state index in [9.17, 15) is 23.5 Å². The molecule has 4 N–H and O–H groups in total. The fourth-order valence-electron chi connectivity index (χ4n) is 7.11. The van der Waals surface area contributed by atoms with Gasteiger partial charge in [-0.15, -0.1) is 0 Å². The van der Waals surface area contributed by atoms with Crippen LogP contribution < -0.4 is 9.80 Å². The van der Waals surface area contributed by atoms with E-state index >= 15 is 0 Å². The van der Waals surface area contributed by atoms with E-state index in [1.807, 2.05) is 52.5 Å². The highest BCUT2D eigenvalue weighted by atomic mass is 31.2. The SMILES string of the molecule is Cc1c(C#Cc2ccc(N(C)C)cc2)cc(CCCCCOP(=O)(O)OCCOCCOCCOCCOCCOCCOP(=O)(O)OCCOCCOCCOCCOCCOCCOP(=O)(O)O)c(C#Cc2ccc(N(C)C)cc2)c1C. The molecule has 3 aromatic carbocycles. The Morgan fingerprint density at radius 1 is 0.369 bits per heavy atom. The normalized spacial score (nSPS) is 13.0. The van der Waals surface area contributed by atoms with Crippen LogP contribution in [0.15, 0.2) is 54.6 Å². The van der Waals surface area contributed by atoms with Crippen LogP contribution >= 0.6 is 23.5 Å². The molecule has 3 aromatic rings. The van der Waals surface area contributed by atoms with Crippen molar-refractivity contribution in [2.75, 3.05) is 203 Å². The summed E-state index contributed by atoms with van der Waals surface area (Å²) in [5.74, 6) is 13.6. The van der Waals surface area contributed by atoms with E-state index in [1.54, 1.807) is 0 Å². The minimum Gasteiger partial charge on any atom is -0.378 e. The second-order valence-corrected chi connectivity index (χ2v) is 22.8. The molecule has 0 aliphatic heterocycles. The van der Waals surface area contributed by atoms with Crippen molar-refractivity contribution < 1.29 is 103 Å². The van der Waals surface area contributed by atoms with Crippen LogP contribution in [-0.2, 0) is 90.1 Å². The maximum atomic E-state index is 12.5. The minimum atomic E-state index is -4.48. The van der Waals surface area contributed by atoms with Crippen LogP contribution in [0.1, 0.15) is 58.2 Å². The molecule has 474 valence electrons. The predicted molar refractivity (Wildman–Crippen MR) is 317 cm³/mol. The number of unbranched alkanes of at least 4 members (excludes halogenated alkanes) is 2. The van der Waals surface area contributed by atoms with Crippen molar-refractivity contribution >= 4 is 34.8 Å². The molecule has 27 heteroatoms. The zero-order chi connectivity index (χ0) is 61.2. The molecule has 2 atom stereocenters. The molecule has 0 bridgehead atoms. The molecule has 0 saturated carbocycles. The Balaban J connectivity index is 1.12. The first-order valence-corrected chi connectivity index (χ1v) is 32.3. The number of rotatable bonds is 49. The quantitative estimate of drug-likeness (QED) is 0.0267. The molecule has 0 aromatic heterocycles. The van der Waals surface area contributed by atoms with Crippen molar-refractivity contribution in [3.63, 3.8) is 0 Å². The molecule has 0 amide bonds. The van der Waals surface area contributed by atoms with Crippen LogP contribution in [0.5, 0.6) is 0 Å². The Bertz CT molecular complexity index is 2510. The number of benzene rings is 3. The number of ether oxygens (including phenoxy) is 10. The fraction of sp³-hybridized carbons (Fsp3) is 0.614. The van der Waals surface area contributed by atoms with E-state index in [1.165, 1.54) is 0 Å². The van der Waals surface area contributed by atoms with Crippen LogP contribution in [-0.4, -0.2) is 213 Å². The largest absolute Gasteiger partial charge is 0.472 e. The first-order valence-electron chi connectivity index (χ1n) is 27.8. The molecular weight excluding hydrogens is 1160 g/mol. The van der Waals surface area contributed by atoms with Gasteiger partial charge in [-0.3, -0.25) is 22.6 Å². The molecule has 0 saturated heterocycles. The predicted octanol–water partition coefficient (Wildman–Crippen LogP) is 6.49. The third kappa shape index (κ3) is 37.1. The van der Waals surface area contributed by atoms with E-state index < -0.39 is 23.5 Å². The van der Waals surface area contributed by atoms with Crippen LogP contribution in [0, 0.1) is 37.5 Å². The Hall–Kier alpha value is -3.69. The maximum Gasteiger partial charge on any atom is 0.472 e. The van der Waals surface area contributed by atoms with E-state index in [0.29, 0.717) is 72.5 Å². The van der Waals surface area contributed by atoms with E-state index in [-0.39, 0.29) is 99.1 Å². The molecular formula is C57H89N2O22P3. The first-order chi connectivity index (χ1) is 40.4. The smallest absolute Gasteiger partial charge is 0.378 e. The summed E-state index contributed by atoms with van der Waals surface area (Å²) in [6.45, 7) is 8.70. The summed E-state index contributed by atoms with van der Waals surface area (Å²) in [5, 5.41) is 0. The monoisotopic (exact) mass is 1250 g/mol. The van der Waals surface area contributed by atoms with Crippen molar-refractivity contribution in [1.29, 1.82) is 0 Å². The summed E-state index contributed by atoms with van der Waals surface area (Å²) >= 11 is 0. The van der Waals surface area contributed by atoms with Gasteiger partial charge in [-0.2, -0.15) is 0 Å². The summed E-state index contributed by atoms with van der Waals surface area (Å²) < 4.78 is 113. The Labute approximate surface area is 496 Å². The lowest BCUT2D eigenvalue weighted by molar-refractivity contribution is -0.0171. The second kappa shape index (κ2) is 44.7. The highest BCUT2D eigenvalue weighted by Crippen LogP contribution is 2.43. The van der Waals surface area contributed by atoms with Gasteiger partial charge in [-0.05, 0) is 104 Å². The van der Waals surface area contributed by atoms with E-state index in [2.05, 4.69) is 82.2 Å². The summed E-state index contributed by atoms with van der Waals surface area (Å²) in [4.78, 5) is 41.3. The average molecular weight is 1250 g/mol. The number of hydrogen-bond donors (Lipinski definition) is 4. The van der Waals surface area contributed by atoms with Gasteiger partial charge in [-0.25, -0.2) is 13.7 Å². The molecule has 0 fully saturated rings. The third-order valence-electron chi connectivity index (χ3n) is 11.7. The van der Waals surface area contributed by atoms with E-state index in [0.717, 1.165) is 69.6 Å². The molecule has 24 nitrogen and oxygen atoms in total. The standard InChI is InChI=1S/C57H89N2O22P3/c1-49-50(2)57(22-16-52-14-20-56(21-15-52)59(5)6)54(48-53(49)17-11-51-12-18-55(19-13-51)58(3)4)10-8-7-9-23-78-83(63,64)79-45-41-74-37-33-70-29-26-68-27-31-72-35-39-76-43-47-81-84(65,66)80-46-42-75-38-34-71-30-25-67-24-28-69-32-36-73-40-44-77-82(60,61)62/h12-15,18-21,48H,7-10,23-47H2,1-6H3,(H,63,64)(H,65,66)(H2,60,61,62). The summed E-state index contributed by atoms with van der Waals surface area (Å²) in [7, 11) is -4.97. The van der Waals surface area contributed by atoms with Gasteiger partial charge < -0.3 is 76.7 Å². The number of hydrogen-bond acceptors (Lipinski definition) is 20. The van der Waals surface area contributed by atoms with Crippen LogP contribution in [0.4, 0.5) is 11.4 Å². The van der Waals surface area contributed by atoms with Crippen molar-refractivity contribution in [2.24, 2.45) is 0 Å². The van der Waals surface area contributed by atoms with Gasteiger partial charge in [0.2, 0.25) is 0 Å². The van der Waals surface area contributed by atoms with Gasteiger partial charge in [-0.1, -0.05) is 30.1 Å². The highest BCUT2D eigenvalue weighted by molar-refractivity contribution is 7.47. The molecule has 0 radical (unpaired) electrons. The second-order valence-electron chi connectivity index (χ2n) is 18.6. The third-order valence-corrected chi connectivity index (χ3v) is 14.2. The van der Waals surface area contributed by atoms with E-state index in [4.69, 9.17) is 75.3 Å². The highest BCUT2D eigenvalue weighted by Gasteiger charge is 2.22. The Morgan fingerprint density at radius 2 is 0.679 bits per heavy atom. The lowest BCUT2D eigenvalue weighted by Crippen LogP contribution is -2.15. The number of nitrogens with zero attached hydrogens (tertiary/aromatic N) is 2. The molecule has 0 aliphatic carbocycles. The number of phosphoric ester groups is 3. The molecule has 3 rings (SSSR count). The van der Waals surface area contributed by atoms with Crippen LogP contribution in [0.3, 0.4) is 0 Å². The van der Waals surface area contributed by atoms with Crippen LogP contribution in [0.2, 0.25) is 0 Å². The Morgan fingerprint density at radius 3 is 1.01 bits per heavy atom. The van der Waals surface area contributed by atoms with Gasteiger partial charge in [0.1, 0.15) is 0 Å². The fourth-order valence-corrected chi connectivity index (χ4v) is 8.84. The average Bonchev–Trinajstić information content (AvgIpc) is 3.12. The Kier molecular flexibility index (Phi) is 39.7. The number of aryl methyl sites for hydroxylation is 1. The lowest BCUT2D eigenvalue weighted by Gasteiger charge is -2.14. The van der Waals surface area contributed by atoms with Crippen molar-refractivity contribution in [2.45, 2.75) is 39.5 Å².